The summed E-state index contributed by atoms with van der Waals surface area (Å²) in [5.74, 6) is 0.492. The second-order valence-electron chi connectivity index (χ2n) is 5.07. The first-order chi connectivity index (χ1) is 8.68. The predicted octanol–water partition coefficient (Wildman–Crippen LogP) is 2.61. The van der Waals surface area contributed by atoms with Crippen LogP contribution in [-0.2, 0) is 16.1 Å². The second kappa shape index (κ2) is 6.01. The van der Waals surface area contributed by atoms with Crippen LogP contribution in [-0.4, -0.2) is 18.6 Å². The Morgan fingerprint density at radius 1 is 1.44 bits per heavy atom. The average molecular weight is 247 g/mol. The van der Waals surface area contributed by atoms with Crippen molar-refractivity contribution in [1.29, 1.82) is 0 Å². The van der Waals surface area contributed by atoms with Gasteiger partial charge in [0.2, 0.25) is 5.91 Å². The van der Waals surface area contributed by atoms with Gasteiger partial charge >= 0.3 is 0 Å². The summed E-state index contributed by atoms with van der Waals surface area (Å²) >= 11 is 0. The highest BCUT2D eigenvalue weighted by atomic mass is 16.5. The lowest BCUT2D eigenvalue weighted by molar-refractivity contribution is -0.130. The minimum Gasteiger partial charge on any atom is -0.368 e. The molecule has 1 aliphatic heterocycles. The molecule has 18 heavy (non-hydrogen) atoms. The van der Waals surface area contributed by atoms with Gasteiger partial charge in [0, 0.05) is 13.2 Å². The van der Waals surface area contributed by atoms with Crippen LogP contribution in [0.3, 0.4) is 0 Å². The lowest BCUT2D eigenvalue weighted by Crippen LogP contribution is -2.33. The molecule has 1 aliphatic rings. The van der Waals surface area contributed by atoms with Gasteiger partial charge in [0.15, 0.2) is 0 Å². The topological polar surface area (TPSA) is 38.3 Å². The van der Waals surface area contributed by atoms with E-state index in [1.54, 1.807) is 0 Å². The van der Waals surface area contributed by atoms with Crippen molar-refractivity contribution in [2.75, 3.05) is 6.61 Å². The molecule has 0 spiro atoms. The Balaban J connectivity index is 1.95. The Morgan fingerprint density at radius 2 is 2.22 bits per heavy atom. The normalized spacial score (nSPS) is 19.2. The highest BCUT2D eigenvalue weighted by molar-refractivity contribution is 5.80. The number of amides is 1. The summed E-state index contributed by atoms with van der Waals surface area (Å²) < 4.78 is 5.37. The Hall–Kier alpha value is -1.35. The molecular weight excluding hydrogens is 226 g/mol. The van der Waals surface area contributed by atoms with Crippen LogP contribution in [0.5, 0.6) is 0 Å². The average Bonchev–Trinajstić information content (AvgIpc) is 2.90. The summed E-state index contributed by atoms with van der Waals surface area (Å²) in [4.78, 5) is 11.9. The summed E-state index contributed by atoms with van der Waals surface area (Å²) in [5, 5.41) is 2.97. The van der Waals surface area contributed by atoms with E-state index in [0.29, 0.717) is 19.1 Å². The molecule has 0 bridgehead atoms. The van der Waals surface area contributed by atoms with Gasteiger partial charge in [-0.25, -0.2) is 0 Å². The summed E-state index contributed by atoms with van der Waals surface area (Å²) in [7, 11) is 0. The molecule has 98 valence electrons. The van der Waals surface area contributed by atoms with Crippen LogP contribution >= 0.6 is 0 Å². The van der Waals surface area contributed by atoms with E-state index in [1.165, 1.54) is 11.1 Å². The molecule has 1 aromatic carbocycles. The minimum atomic E-state index is -0.240. The SMILES string of the molecule is CC(C)c1ccccc1CNC(=O)C1CCCO1. The molecular formula is C15H21NO2. The zero-order chi connectivity index (χ0) is 13.0. The third kappa shape index (κ3) is 3.10. The van der Waals surface area contributed by atoms with Crippen LogP contribution in [0.2, 0.25) is 0 Å². The third-order valence-electron chi connectivity index (χ3n) is 3.35. The largest absolute Gasteiger partial charge is 0.368 e. The molecule has 1 heterocycles. The Labute approximate surface area is 109 Å². The summed E-state index contributed by atoms with van der Waals surface area (Å²) in [6, 6.07) is 8.25. The van der Waals surface area contributed by atoms with Gasteiger partial charge in [-0.3, -0.25) is 4.79 Å². The molecule has 0 aliphatic carbocycles. The van der Waals surface area contributed by atoms with E-state index in [4.69, 9.17) is 4.74 Å². The highest BCUT2D eigenvalue weighted by Gasteiger charge is 2.23. The second-order valence-corrected chi connectivity index (χ2v) is 5.07. The molecule has 3 nitrogen and oxygen atoms in total. The first-order valence-electron chi connectivity index (χ1n) is 6.65. The summed E-state index contributed by atoms with van der Waals surface area (Å²) in [6.45, 7) is 5.63. The monoisotopic (exact) mass is 247 g/mol. The maximum Gasteiger partial charge on any atom is 0.249 e. The van der Waals surface area contributed by atoms with Gasteiger partial charge < -0.3 is 10.1 Å². The number of nitrogens with one attached hydrogen (secondary N) is 1. The maximum atomic E-state index is 11.9. The van der Waals surface area contributed by atoms with Crippen LogP contribution in [0.15, 0.2) is 24.3 Å². The van der Waals surface area contributed by atoms with E-state index < -0.39 is 0 Å². The number of hydrogen-bond donors (Lipinski definition) is 1. The molecule has 1 saturated heterocycles. The first kappa shape index (κ1) is 13.1. The van der Waals surface area contributed by atoms with Gasteiger partial charge in [-0.2, -0.15) is 0 Å². The summed E-state index contributed by atoms with van der Waals surface area (Å²) in [6.07, 6.45) is 1.59. The van der Waals surface area contributed by atoms with Crippen molar-refractivity contribution < 1.29 is 9.53 Å². The molecule has 2 rings (SSSR count). The number of benzene rings is 1. The maximum absolute atomic E-state index is 11.9. The van der Waals surface area contributed by atoms with E-state index >= 15 is 0 Å². The number of carbonyl (C=O) groups is 1. The van der Waals surface area contributed by atoms with E-state index in [9.17, 15) is 4.79 Å². The van der Waals surface area contributed by atoms with Crippen LogP contribution in [0.25, 0.3) is 0 Å². The third-order valence-corrected chi connectivity index (χ3v) is 3.35. The molecule has 1 fully saturated rings. The van der Waals surface area contributed by atoms with Gasteiger partial charge in [0.25, 0.3) is 0 Å². The van der Waals surface area contributed by atoms with Crippen LogP contribution in [0.4, 0.5) is 0 Å². The smallest absolute Gasteiger partial charge is 0.249 e. The van der Waals surface area contributed by atoms with Crippen molar-refractivity contribution in [3.05, 3.63) is 35.4 Å². The lowest BCUT2D eigenvalue weighted by Gasteiger charge is -2.15. The Morgan fingerprint density at radius 3 is 2.89 bits per heavy atom. The van der Waals surface area contributed by atoms with E-state index in [2.05, 4.69) is 31.3 Å². The van der Waals surface area contributed by atoms with E-state index in [0.717, 1.165) is 12.8 Å². The first-order valence-corrected chi connectivity index (χ1v) is 6.65. The Bertz CT molecular complexity index is 409. The molecule has 1 unspecified atom stereocenters. The number of carbonyl (C=O) groups excluding carboxylic acids is 1. The summed E-state index contributed by atoms with van der Waals surface area (Å²) in [5.41, 5.74) is 2.49. The van der Waals surface area contributed by atoms with Crippen molar-refractivity contribution in [2.24, 2.45) is 0 Å². The minimum absolute atomic E-state index is 0.0195. The Kier molecular flexibility index (Phi) is 4.37. The van der Waals surface area contributed by atoms with Crippen molar-refractivity contribution in [3.8, 4) is 0 Å². The zero-order valence-electron chi connectivity index (χ0n) is 11.1. The van der Waals surface area contributed by atoms with Crippen LogP contribution in [0.1, 0.15) is 43.7 Å². The zero-order valence-corrected chi connectivity index (χ0v) is 11.1. The quantitative estimate of drug-likeness (QED) is 0.888. The van der Waals surface area contributed by atoms with Crippen molar-refractivity contribution in [3.63, 3.8) is 0 Å². The van der Waals surface area contributed by atoms with E-state index in [1.807, 2.05) is 12.1 Å². The molecule has 1 amide bonds. The fourth-order valence-electron chi connectivity index (χ4n) is 2.34. The highest BCUT2D eigenvalue weighted by Crippen LogP contribution is 2.19. The lowest BCUT2D eigenvalue weighted by atomic mass is 9.97. The van der Waals surface area contributed by atoms with Gasteiger partial charge in [-0.05, 0) is 29.9 Å². The molecule has 1 N–H and O–H groups in total. The van der Waals surface area contributed by atoms with Crippen LogP contribution in [0, 0.1) is 0 Å². The molecule has 3 heteroatoms. The van der Waals surface area contributed by atoms with Gasteiger partial charge in [0.05, 0.1) is 0 Å². The van der Waals surface area contributed by atoms with Crippen LogP contribution < -0.4 is 5.32 Å². The van der Waals surface area contributed by atoms with Gasteiger partial charge in [0.1, 0.15) is 6.10 Å². The standard InChI is InChI=1S/C15H21NO2/c1-11(2)13-7-4-3-6-12(13)10-16-15(17)14-8-5-9-18-14/h3-4,6-7,11,14H,5,8-10H2,1-2H3,(H,16,17). The molecule has 1 atom stereocenters. The number of hydrogen-bond acceptors (Lipinski definition) is 2. The predicted molar refractivity (Wildman–Crippen MR) is 71.4 cm³/mol. The van der Waals surface area contributed by atoms with Crippen molar-refractivity contribution in [1.82, 2.24) is 5.32 Å². The molecule has 0 radical (unpaired) electrons. The van der Waals surface area contributed by atoms with Gasteiger partial charge in [-0.15, -0.1) is 0 Å². The fraction of sp³-hybridized carbons (Fsp3) is 0.533. The van der Waals surface area contributed by atoms with Crippen molar-refractivity contribution >= 4 is 5.91 Å². The molecule has 0 saturated carbocycles. The van der Waals surface area contributed by atoms with Crippen molar-refractivity contribution in [2.45, 2.75) is 45.3 Å². The molecule has 0 aromatic heterocycles. The molecule has 1 aromatic rings. The number of ether oxygens (including phenoxy) is 1. The number of rotatable bonds is 4. The van der Waals surface area contributed by atoms with Gasteiger partial charge in [-0.1, -0.05) is 38.1 Å². The fourth-order valence-corrected chi connectivity index (χ4v) is 2.34. The van der Waals surface area contributed by atoms with E-state index in [-0.39, 0.29) is 12.0 Å².